The number of hydrogen-bond acceptors (Lipinski definition) is 11. The van der Waals surface area contributed by atoms with Crippen LogP contribution in [0.25, 0.3) is 31.6 Å². The zero-order chi connectivity index (χ0) is 61.6. The molecule has 17 nitrogen and oxygen atoms in total. The first kappa shape index (κ1) is 62.7. The predicted molar refractivity (Wildman–Crippen MR) is 334 cm³/mol. The molecule has 2 aromatic heterocycles. The summed E-state index contributed by atoms with van der Waals surface area (Å²) in [5.74, 6) is -3.18. The number of carbonyl (C=O) groups is 6. The third-order valence-electron chi connectivity index (χ3n) is 14.0. The monoisotopic (exact) mass is 1260 g/mol. The molecule has 8 aromatic rings. The molecule has 0 spiro atoms. The summed E-state index contributed by atoms with van der Waals surface area (Å²) in [5.41, 5.74) is 9.21. The summed E-state index contributed by atoms with van der Waals surface area (Å²) >= 11 is 14.8. The highest BCUT2D eigenvalue weighted by molar-refractivity contribution is 7.23. The molecule has 0 saturated heterocycles. The maximum absolute atomic E-state index is 13.7. The third-order valence-corrected chi connectivity index (χ3v) is 16.6. The first-order chi connectivity index (χ1) is 41.8. The van der Waals surface area contributed by atoms with E-state index in [1.807, 2.05) is 48.5 Å². The number of nitrogens with one attached hydrogen (secondary N) is 4. The molecule has 6 amide bonds. The van der Waals surface area contributed by atoms with E-state index in [0.717, 1.165) is 70.9 Å². The number of rotatable bonds is 19. The maximum atomic E-state index is 13.7. The van der Waals surface area contributed by atoms with Gasteiger partial charge in [0.25, 0.3) is 11.8 Å². The number of ether oxygens (including phenoxy) is 1. The van der Waals surface area contributed by atoms with Crippen LogP contribution in [0.3, 0.4) is 0 Å². The average Bonchev–Trinajstić information content (AvgIpc) is 2.72. The van der Waals surface area contributed by atoms with Crippen molar-refractivity contribution in [1.82, 2.24) is 20.6 Å². The Morgan fingerprint density at radius 3 is 1.49 bits per heavy atom. The second-order valence-electron chi connectivity index (χ2n) is 20.2. The number of urea groups is 2. The molecule has 2 heterocycles. The van der Waals surface area contributed by atoms with Crippen molar-refractivity contribution in [1.29, 1.82) is 0 Å². The number of aromatic nitrogens is 2. The van der Waals surface area contributed by atoms with Crippen LogP contribution >= 0.6 is 45.9 Å². The van der Waals surface area contributed by atoms with Crippen LogP contribution in [-0.4, -0.2) is 75.4 Å². The number of thiazole rings is 2. The zero-order valence-corrected chi connectivity index (χ0v) is 49.6. The van der Waals surface area contributed by atoms with Crippen molar-refractivity contribution in [3.05, 3.63) is 183 Å². The van der Waals surface area contributed by atoms with Crippen molar-refractivity contribution in [2.45, 2.75) is 83.7 Å². The number of amides is 6. The fourth-order valence-corrected chi connectivity index (χ4v) is 11.9. The Balaban J connectivity index is 0.000000208. The standard InChI is InChI=1S/C32H29F3N4O5S.C31H28Cl2N4O4S/c33-32(34,35)44-25-14-15-27-26(18-25)37-30(45-27)38-31(43)39(24-12-10-22(11-13-24)21-4-2-1-3-5-21)19-20-6-8-23(9-7-20)29(42)36-17-16-28(40)41;32-23-16-25(33)28-26(17-23)35-30(42-28)36-31(41)37(24-12-10-21(11-13-24)20-4-2-1-3-5-20)18-19-6-8-22(9-7-19)29(40)34-15-14-27(38)39/h4,6-15,18H,1-3,5,16-17,19H2,(H,36,42)(H,40,41)(H,37,38,43);4,6-13,16-17H,1-3,5,14-15,18H2,(H,34,40)(H,38,39)(H,35,36,41). The van der Waals surface area contributed by atoms with Crippen LogP contribution in [0.4, 0.5) is 44.4 Å². The van der Waals surface area contributed by atoms with Crippen molar-refractivity contribution in [3.8, 4) is 5.75 Å². The lowest BCUT2D eigenvalue weighted by Crippen LogP contribution is -2.34. The van der Waals surface area contributed by atoms with Gasteiger partial charge in [-0.15, -0.1) is 13.2 Å². The van der Waals surface area contributed by atoms with E-state index in [1.54, 1.807) is 65.6 Å². The van der Waals surface area contributed by atoms with Crippen LogP contribution in [-0.2, 0) is 22.7 Å². The molecule has 10 rings (SSSR count). The molecule has 0 saturated carbocycles. The molecule has 0 atom stereocenters. The van der Waals surface area contributed by atoms with Crippen molar-refractivity contribution in [2.24, 2.45) is 0 Å². The van der Waals surface area contributed by atoms with Crippen LogP contribution < -0.4 is 35.8 Å². The van der Waals surface area contributed by atoms with Crippen LogP contribution in [0.15, 0.2) is 140 Å². The largest absolute Gasteiger partial charge is 0.573 e. The quantitative estimate of drug-likeness (QED) is 0.0446. The molecule has 0 bridgehead atoms. The van der Waals surface area contributed by atoms with Gasteiger partial charge in [0.15, 0.2) is 10.3 Å². The number of nitrogens with zero attached hydrogens (tertiary/aromatic N) is 4. The smallest absolute Gasteiger partial charge is 0.481 e. The second kappa shape index (κ2) is 29.0. The lowest BCUT2D eigenvalue weighted by atomic mass is 9.93. The summed E-state index contributed by atoms with van der Waals surface area (Å²) in [4.78, 5) is 85.4. The van der Waals surface area contributed by atoms with Gasteiger partial charge in [-0.25, -0.2) is 19.6 Å². The van der Waals surface area contributed by atoms with Crippen molar-refractivity contribution in [2.75, 3.05) is 33.5 Å². The molecule has 2 aliphatic carbocycles. The minimum absolute atomic E-state index is 0.000796. The molecule has 24 heteroatoms. The van der Waals surface area contributed by atoms with Gasteiger partial charge in [0.1, 0.15) is 5.75 Å². The Morgan fingerprint density at radius 2 is 1.05 bits per heavy atom. The minimum Gasteiger partial charge on any atom is -0.481 e. The molecule has 0 fully saturated rings. The molecule has 0 aliphatic heterocycles. The number of alkyl halides is 3. The number of benzene rings is 6. The molecule has 6 aromatic carbocycles. The van der Waals surface area contributed by atoms with E-state index in [0.29, 0.717) is 53.5 Å². The van der Waals surface area contributed by atoms with E-state index in [2.05, 4.69) is 48.1 Å². The fourth-order valence-electron chi connectivity index (χ4n) is 9.62. The lowest BCUT2D eigenvalue weighted by molar-refractivity contribution is -0.274. The van der Waals surface area contributed by atoms with Crippen LogP contribution in [0.2, 0.25) is 10.0 Å². The van der Waals surface area contributed by atoms with Gasteiger partial charge in [0.05, 0.1) is 51.4 Å². The summed E-state index contributed by atoms with van der Waals surface area (Å²) in [6.45, 7) is 0.397. The second-order valence-corrected chi connectivity index (χ2v) is 23.1. The Kier molecular flexibility index (Phi) is 20.9. The van der Waals surface area contributed by atoms with Crippen molar-refractivity contribution in [3.63, 3.8) is 0 Å². The number of allylic oxidation sites excluding steroid dienone is 4. The molecule has 0 unspecified atom stereocenters. The van der Waals surface area contributed by atoms with E-state index >= 15 is 0 Å². The summed E-state index contributed by atoms with van der Waals surface area (Å²) in [6, 6.07) is 35.3. The normalized spacial score (nSPS) is 13.1. The average molecular weight is 1260 g/mol. The van der Waals surface area contributed by atoms with Gasteiger partial charge in [0, 0.05) is 46.7 Å². The summed E-state index contributed by atoms with van der Waals surface area (Å²) in [6.07, 6.45) is 8.16. The number of carboxylic acid groups (broad SMARTS) is 2. The number of hydrogen-bond donors (Lipinski definition) is 6. The Bertz CT molecular complexity index is 3880. The van der Waals surface area contributed by atoms with E-state index in [4.69, 9.17) is 33.4 Å². The SMILES string of the molecule is O=C(O)CCNC(=O)c1ccc(CN(C(=O)Nc2nc3cc(Cl)cc(Cl)c3s2)c2ccc(C3=CCCCC3)cc2)cc1.O=C(O)CCNC(=O)c1ccc(CN(C(=O)Nc2nc3cc(OC(F)(F)F)ccc3s2)c2ccc(C3=CCCCC3)cc2)cc1. The molecule has 450 valence electrons. The number of anilines is 4. The van der Waals surface area contributed by atoms with Gasteiger partial charge >= 0.3 is 30.4 Å². The molecule has 87 heavy (non-hydrogen) atoms. The van der Waals surface area contributed by atoms with Gasteiger partial charge < -0.3 is 25.6 Å². The Hall–Kier alpha value is -8.83. The van der Waals surface area contributed by atoms with Crippen molar-refractivity contribution >= 4 is 135 Å². The van der Waals surface area contributed by atoms with E-state index in [1.165, 1.54) is 58.8 Å². The van der Waals surface area contributed by atoms with Gasteiger partial charge in [0.2, 0.25) is 0 Å². The van der Waals surface area contributed by atoms with Crippen LogP contribution in [0, 0.1) is 0 Å². The van der Waals surface area contributed by atoms with Crippen LogP contribution in [0.1, 0.15) is 107 Å². The maximum Gasteiger partial charge on any atom is 0.573 e. The lowest BCUT2D eigenvalue weighted by Gasteiger charge is -2.23. The number of carbonyl (C=O) groups excluding carboxylic acids is 4. The summed E-state index contributed by atoms with van der Waals surface area (Å²) < 4.78 is 43.3. The van der Waals surface area contributed by atoms with E-state index in [-0.39, 0.29) is 61.6 Å². The zero-order valence-electron chi connectivity index (χ0n) is 46.4. The highest BCUT2D eigenvalue weighted by Gasteiger charge is 2.31. The minimum atomic E-state index is -4.84. The topological polar surface area (TPSA) is 232 Å². The predicted octanol–water partition coefficient (Wildman–Crippen LogP) is 15.6. The number of aliphatic carboxylic acids is 2. The fraction of sp³-hybridized carbons (Fsp3) is 0.238. The number of halogens is 5. The molecular weight excluding hydrogens is 1200 g/mol. The highest BCUT2D eigenvalue weighted by atomic mass is 35.5. The van der Waals surface area contributed by atoms with Gasteiger partial charge in [-0.1, -0.05) is 107 Å². The molecule has 0 radical (unpaired) electrons. The Morgan fingerprint density at radius 1 is 0.575 bits per heavy atom. The van der Waals surface area contributed by atoms with Crippen LogP contribution in [0.5, 0.6) is 5.75 Å². The summed E-state index contributed by atoms with van der Waals surface area (Å²) in [7, 11) is 0. The van der Waals surface area contributed by atoms with Gasteiger partial charge in [-0.3, -0.25) is 39.6 Å². The first-order valence-corrected chi connectivity index (χ1v) is 30.1. The number of carboxylic acids is 2. The summed E-state index contributed by atoms with van der Waals surface area (Å²) in [5, 5.41) is 29.9. The van der Waals surface area contributed by atoms with Gasteiger partial charge in [-0.2, -0.15) is 0 Å². The van der Waals surface area contributed by atoms with E-state index in [9.17, 15) is 41.9 Å². The Labute approximate surface area is 515 Å². The third kappa shape index (κ3) is 17.7. The highest BCUT2D eigenvalue weighted by Crippen LogP contribution is 2.37. The molecule has 2 aliphatic rings. The van der Waals surface area contributed by atoms with E-state index < -0.39 is 36.0 Å². The first-order valence-electron chi connectivity index (χ1n) is 27.7. The number of fused-ring (bicyclic) bond motifs is 2. The van der Waals surface area contributed by atoms with Gasteiger partial charge in [-0.05, 0) is 158 Å². The van der Waals surface area contributed by atoms with Crippen molar-refractivity contribution < 1.29 is 56.9 Å². The molecule has 6 N–H and O–H groups in total. The molecular formula is C63H57Cl2F3N8O9S2.